The summed E-state index contributed by atoms with van der Waals surface area (Å²) in [5.74, 6) is -0.742. The Kier molecular flexibility index (Phi) is 2.92. The van der Waals surface area contributed by atoms with E-state index >= 15 is 0 Å². The molecular formula is C13H16N2O3S. The number of carbonyl (C=O) groups excluding carboxylic acids is 3. The lowest BCUT2D eigenvalue weighted by Crippen LogP contribution is -2.49. The van der Waals surface area contributed by atoms with Crippen LogP contribution in [0.4, 0.5) is 0 Å². The maximum absolute atomic E-state index is 12.2. The fraction of sp³-hybridized carbons (Fsp3) is 0.615. The molecule has 3 rings (SSSR count). The molecule has 3 amide bonds. The molecule has 0 radical (unpaired) electrons. The Morgan fingerprint density at radius 1 is 1.21 bits per heavy atom. The zero-order valence-corrected chi connectivity index (χ0v) is 11.8. The summed E-state index contributed by atoms with van der Waals surface area (Å²) in [5, 5.41) is 0.250. The molecule has 102 valence electrons. The van der Waals surface area contributed by atoms with Crippen LogP contribution in [0.1, 0.15) is 32.6 Å². The van der Waals surface area contributed by atoms with Crippen molar-refractivity contribution in [2.45, 2.75) is 43.9 Å². The quantitative estimate of drug-likeness (QED) is 0.624. The van der Waals surface area contributed by atoms with Crippen LogP contribution < -0.4 is 0 Å². The van der Waals surface area contributed by atoms with Crippen LogP contribution in [0.2, 0.25) is 0 Å². The lowest BCUT2D eigenvalue weighted by Gasteiger charge is -2.42. The van der Waals surface area contributed by atoms with Crippen molar-refractivity contribution < 1.29 is 14.4 Å². The molecule has 0 spiro atoms. The van der Waals surface area contributed by atoms with Gasteiger partial charge in [0.15, 0.2) is 0 Å². The molecule has 1 aliphatic carbocycles. The number of imide groups is 1. The third kappa shape index (κ3) is 1.73. The van der Waals surface area contributed by atoms with Gasteiger partial charge in [0, 0.05) is 25.3 Å². The second kappa shape index (κ2) is 4.37. The minimum Gasteiger partial charge on any atom is -0.302 e. The molecular weight excluding hydrogens is 264 g/mol. The molecule has 2 aliphatic heterocycles. The standard InChI is InChI=1S/C13H16N2O3S/c1-7(16)15-8-5-3-4-6-9(8)19-11-10(15)12(17)14(2)13(11)18/h8-9H,3-6H2,1-2H3. The highest BCUT2D eigenvalue weighted by atomic mass is 32.2. The molecule has 1 saturated carbocycles. The Balaban J connectivity index is 2.08. The first-order valence-electron chi connectivity index (χ1n) is 6.55. The van der Waals surface area contributed by atoms with Crippen LogP contribution in [-0.4, -0.2) is 45.9 Å². The van der Waals surface area contributed by atoms with Gasteiger partial charge in [0.1, 0.15) is 10.6 Å². The largest absolute Gasteiger partial charge is 0.302 e. The minimum absolute atomic E-state index is 0.0678. The average molecular weight is 280 g/mol. The summed E-state index contributed by atoms with van der Waals surface area (Å²) in [6.07, 6.45) is 4.12. The minimum atomic E-state index is -0.341. The van der Waals surface area contributed by atoms with E-state index in [1.165, 1.54) is 25.7 Å². The predicted molar refractivity (Wildman–Crippen MR) is 71.0 cm³/mol. The first kappa shape index (κ1) is 12.7. The van der Waals surface area contributed by atoms with Crippen molar-refractivity contribution in [3.8, 4) is 0 Å². The second-order valence-corrected chi connectivity index (χ2v) is 6.49. The number of amides is 3. The van der Waals surface area contributed by atoms with Gasteiger partial charge < -0.3 is 4.90 Å². The molecule has 2 atom stereocenters. The third-order valence-electron chi connectivity index (χ3n) is 4.07. The molecule has 5 nitrogen and oxygen atoms in total. The van der Waals surface area contributed by atoms with E-state index in [2.05, 4.69) is 0 Å². The molecule has 0 saturated heterocycles. The van der Waals surface area contributed by atoms with Gasteiger partial charge in [-0.1, -0.05) is 12.8 Å². The van der Waals surface area contributed by atoms with Crippen LogP contribution in [0, 0.1) is 0 Å². The van der Waals surface area contributed by atoms with Gasteiger partial charge >= 0.3 is 0 Å². The predicted octanol–water partition coefficient (Wildman–Crippen LogP) is 1.10. The zero-order chi connectivity index (χ0) is 13.7. The van der Waals surface area contributed by atoms with Gasteiger partial charge in [-0.3, -0.25) is 19.3 Å². The Morgan fingerprint density at radius 3 is 2.58 bits per heavy atom. The molecule has 0 aromatic heterocycles. The molecule has 0 bridgehead atoms. The van der Waals surface area contributed by atoms with Crippen molar-refractivity contribution in [2.75, 3.05) is 7.05 Å². The topological polar surface area (TPSA) is 57.7 Å². The third-order valence-corrected chi connectivity index (χ3v) is 5.53. The highest BCUT2D eigenvalue weighted by Gasteiger charge is 2.49. The fourth-order valence-corrected chi connectivity index (χ4v) is 4.68. The van der Waals surface area contributed by atoms with Gasteiger partial charge in [-0.05, 0) is 12.8 Å². The lowest BCUT2D eigenvalue weighted by atomic mass is 9.92. The molecule has 0 aromatic carbocycles. The van der Waals surface area contributed by atoms with E-state index in [1.54, 1.807) is 4.90 Å². The number of rotatable bonds is 0. The van der Waals surface area contributed by atoms with E-state index in [0.717, 1.165) is 30.6 Å². The van der Waals surface area contributed by atoms with Crippen LogP contribution in [0.3, 0.4) is 0 Å². The van der Waals surface area contributed by atoms with Crippen molar-refractivity contribution in [3.63, 3.8) is 0 Å². The van der Waals surface area contributed by atoms with Crippen molar-refractivity contribution in [2.24, 2.45) is 0 Å². The molecule has 19 heavy (non-hydrogen) atoms. The fourth-order valence-electron chi connectivity index (χ4n) is 3.14. The molecule has 3 aliphatic rings. The highest BCUT2D eigenvalue weighted by Crippen LogP contribution is 2.46. The van der Waals surface area contributed by atoms with Crippen molar-refractivity contribution >= 4 is 29.5 Å². The monoisotopic (exact) mass is 280 g/mol. The lowest BCUT2D eigenvalue weighted by molar-refractivity contribution is -0.139. The van der Waals surface area contributed by atoms with Gasteiger partial charge in [0.25, 0.3) is 11.8 Å². The normalized spacial score (nSPS) is 30.6. The maximum Gasteiger partial charge on any atom is 0.278 e. The number of hydrogen-bond acceptors (Lipinski definition) is 4. The number of carbonyl (C=O) groups is 3. The molecule has 6 heteroatoms. The Bertz CT molecular complexity index is 514. The summed E-state index contributed by atoms with van der Waals surface area (Å²) >= 11 is 1.50. The highest BCUT2D eigenvalue weighted by molar-refractivity contribution is 8.04. The molecule has 0 aromatic rings. The van der Waals surface area contributed by atoms with E-state index < -0.39 is 0 Å². The Labute approximate surface area is 116 Å². The number of nitrogens with zero attached hydrogens (tertiary/aromatic N) is 2. The van der Waals surface area contributed by atoms with E-state index in [-0.39, 0.29) is 29.0 Å². The molecule has 2 unspecified atom stereocenters. The number of thioether (sulfide) groups is 1. The average Bonchev–Trinajstić information content (AvgIpc) is 2.61. The Morgan fingerprint density at radius 2 is 1.89 bits per heavy atom. The summed E-state index contributed by atoms with van der Waals surface area (Å²) in [6, 6.07) is 0.0678. The van der Waals surface area contributed by atoms with Crippen molar-refractivity contribution in [1.29, 1.82) is 0 Å². The first-order chi connectivity index (χ1) is 9.02. The summed E-state index contributed by atoms with van der Waals surface area (Å²) in [4.78, 5) is 39.4. The van der Waals surface area contributed by atoms with Crippen LogP contribution in [0.15, 0.2) is 10.6 Å². The summed E-state index contributed by atoms with van der Waals surface area (Å²) in [7, 11) is 1.48. The van der Waals surface area contributed by atoms with Crippen LogP contribution in [-0.2, 0) is 14.4 Å². The van der Waals surface area contributed by atoms with E-state index in [0.29, 0.717) is 10.6 Å². The van der Waals surface area contributed by atoms with Gasteiger partial charge in [-0.25, -0.2) is 0 Å². The van der Waals surface area contributed by atoms with Gasteiger partial charge in [-0.15, -0.1) is 11.8 Å². The summed E-state index contributed by atoms with van der Waals surface area (Å²) in [6.45, 7) is 1.47. The number of hydrogen-bond donors (Lipinski definition) is 0. The smallest absolute Gasteiger partial charge is 0.278 e. The van der Waals surface area contributed by atoms with Crippen LogP contribution in [0.5, 0.6) is 0 Å². The van der Waals surface area contributed by atoms with Crippen molar-refractivity contribution in [3.05, 3.63) is 10.6 Å². The van der Waals surface area contributed by atoms with Crippen molar-refractivity contribution in [1.82, 2.24) is 9.80 Å². The Hall–Kier alpha value is -1.30. The SMILES string of the molecule is CC(=O)N1C2=C(SC3CCCCC31)C(=O)N(C)C2=O. The van der Waals surface area contributed by atoms with E-state index in [1.807, 2.05) is 0 Å². The summed E-state index contributed by atoms with van der Waals surface area (Å²) < 4.78 is 0. The zero-order valence-electron chi connectivity index (χ0n) is 11.0. The second-order valence-electron chi connectivity index (χ2n) is 5.24. The van der Waals surface area contributed by atoms with Gasteiger partial charge in [0.2, 0.25) is 5.91 Å². The van der Waals surface area contributed by atoms with Gasteiger partial charge in [0.05, 0.1) is 0 Å². The number of fused-ring (bicyclic) bond motifs is 1. The molecule has 2 heterocycles. The van der Waals surface area contributed by atoms with Crippen LogP contribution in [0.25, 0.3) is 0 Å². The van der Waals surface area contributed by atoms with E-state index in [4.69, 9.17) is 0 Å². The first-order valence-corrected chi connectivity index (χ1v) is 7.43. The number of likely N-dealkylation sites (N-methyl/N-ethyl adjacent to an activating group) is 1. The molecule has 1 fully saturated rings. The summed E-state index contributed by atoms with van der Waals surface area (Å²) in [5.41, 5.74) is 0.313. The molecule has 0 N–H and O–H groups in total. The van der Waals surface area contributed by atoms with Crippen LogP contribution >= 0.6 is 11.8 Å². The van der Waals surface area contributed by atoms with E-state index in [9.17, 15) is 14.4 Å². The maximum atomic E-state index is 12.2. The van der Waals surface area contributed by atoms with Gasteiger partial charge in [-0.2, -0.15) is 0 Å².